The van der Waals surface area contributed by atoms with Crippen LogP contribution in [0.2, 0.25) is 5.02 Å². The molecule has 2 amide bonds. The predicted octanol–water partition coefficient (Wildman–Crippen LogP) is 5.55. The molecule has 0 aliphatic heterocycles. The third-order valence-corrected chi connectivity index (χ3v) is 6.81. The van der Waals surface area contributed by atoms with Gasteiger partial charge in [-0.2, -0.15) is 0 Å². The normalized spacial score (nSPS) is 11.4. The van der Waals surface area contributed by atoms with Crippen LogP contribution in [0, 0.1) is 0 Å². The third kappa shape index (κ3) is 6.91. The van der Waals surface area contributed by atoms with Gasteiger partial charge >= 0.3 is 0 Å². The predicted molar refractivity (Wildman–Crippen MR) is 160 cm³/mol. The van der Waals surface area contributed by atoms with Crippen LogP contribution in [-0.2, 0) is 11.2 Å². The van der Waals surface area contributed by atoms with Crippen LogP contribution in [0.3, 0.4) is 0 Å². The average molecular weight is 572 g/mol. The largest absolute Gasteiger partial charge is 0.495 e. The molecule has 0 spiro atoms. The Labute approximate surface area is 242 Å². The minimum Gasteiger partial charge on any atom is -0.495 e. The molecule has 8 nitrogen and oxygen atoms in total. The Morgan fingerprint density at radius 3 is 2.29 bits per heavy atom. The van der Waals surface area contributed by atoms with Gasteiger partial charge in [-0.15, -0.1) is 0 Å². The first-order valence-corrected chi connectivity index (χ1v) is 13.4. The van der Waals surface area contributed by atoms with Gasteiger partial charge < -0.3 is 15.4 Å². The van der Waals surface area contributed by atoms with Gasteiger partial charge in [0, 0.05) is 46.4 Å². The summed E-state index contributed by atoms with van der Waals surface area (Å²) in [6.45, 7) is 3.77. The number of nitrogens with one attached hydrogen (secondary N) is 2. The van der Waals surface area contributed by atoms with Gasteiger partial charge in [0.2, 0.25) is 5.91 Å². The van der Waals surface area contributed by atoms with Crippen molar-refractivity contribution in [2.45, 2.75) is 26.3 Å². The maximum absolute atomic E-state index is 13.7. The van der Waals surface area contributed by atoms with E-state index in [0.717, 1.165) is 5.56 Å². The second kappa shape index (κ2) is 13.1. The fourth-order valence-electron chi connectivity index (χ4n) is 4.54. The second-order valence-corrected chi connectivity index (χ2v) is 9.82. The highest BCUT2D eigenvalue weighted by atomic mass is 35.5. The monoisotopic (exact) mass is 571 g/mol. The first-order valence-electron chi connectivity index (χ1n) is 13.1. The van der Waals surface area contributed by atoms with Crippen LogP contribution in [0.5, 0.6) is 5.75 Å². The number of benzene rings is 3. The number of anilines is 1. The van der Waals surface area contributed by atoms with E-state index in [1.54, 1.807) is 42.5 Å². The van der Waals surface area contributed by atoms with Crippen LogP contribution < -0.4 is 20.9 Å². The molecule has 41 heavy (non-hydrogen) atoms. The SMILES string of the molecule is CCNC(=O)c1ccc(NC(=O)C(Cc2ccccc2)n2cc(OC)c(-c3cc(Cl)ccc3C(C)=O)cc2=O)cc1. The number of Topliss-reactive ketones (excluding diaryl/α,β-unsaturated/α-hetero) is 1. The lowest BCUT2D eigenvalue weighted by Gasteiger charge is -2.22. The van der Waals surface area contributed by atoms with Crippen molar-refractivity contribution < 1.29 is 19.1 Å². The maximum atomic E-state index is 13.7. The molecule has 4 rings (SSSR count). The molecule has 0 saturated heterocycles. The van der Waals surface area contributed by atoms with E-state index in [4.69, 9.17) is 16.3 Å². The van der Waals surface area contributed by atoms with Gasteiger partial charge in [0.25, 0.3) is 11.5 Å². The van der Waals surface area contributed by atoms with Crippen molar-refractivity contribution in [2.24, 2.45) is 0 Å². The molecule has 0 fully saturated rings. The third-order valence-electron chi connectivity index (χ3n) is 6.58. The molecule has 3 aromatic carbocycles. The Balaban J connectivity index is 1.75. The van der Waals surface area contributed by atoms with Crippen molar-refractivity contribution in [1.82, 2.24) is 9.88 Å². The van der Waals surface area contributed by atoms with E-state index in [1.807, 2.05) is 37.3 Å². The number of halogens is 1. The molecule has 4 aromatic rings. The van der Waals surface area contributed by atoms with Gasteiger partial charge in [0.1, 0.15) is 11.8 Å². The maximum Gasteiger partial charge on any atom is 0.252 e. The summed E-state index contributed by atoms with van der Waals surface area (Å²) in [6, 6.07) is 21.1. The number of ketones is 1. The molecule has 1 heterocycles. The van der Waals surface area contributed by atoms with Crippen LogP contribution >= 0.6 is 11.6 Å². The Morgan fingerprint density at radius 2 is 1.66 bits per heavy atom. The summed E-state index contributed by atoms with van der Waals surface area (Å²) in [5.41, 5.74) is 2.57. The lowest BCUT2D eigenvalue weighted by Crippen LogP contribution is -2.34. The molecule has 2 N–H and O–H groups in total. The quantitative estimate of drug-likeness (QED) is 0.243. The van der Waals surface area contributed by atoms with E-state index in [9.17, 15) is 19.2 Å². The van der Waals surface area contributed by atoms with Gasteiger partial charge in [-0.25, -0.2) is 0 Å². The van der Waals surface area contributed by atoms with Crippen molar-refractivity contribution >= 4 is 34.9 Å². The minimum atomic E-state index is -0.942. The van der Waals surface area contributed by atoms with Gasteiger partial charge in [0.15, 0.2) is 5.78 Å². The molecule has 1 atom stereocenters. The van der Waals surface area contributed by atoms with E-state index in [0.29, 0.717) is 45.3 Å². The molecule has 0 aliphatic rings. The number of pyridine rings is 1. The Morgan fingerprint density at radius 1 is 0.951 bits per heavy atom. The van der Waals surface area contributed by atoms with E-state index >= 15 is 0 Å². The summed E-state index contributed by atoms with van der Waals surface area (Å²) in [5.74, 6) is -0.531. The minimum absolute atomic E-state index is 0.192. The molecular formula is C32H30ClN3O5. The number of hydrogen-bond acceptors (Lipinski definition) is 5. The number of carbonyl (C=O) groups is 3. The lowest BCUT2D eigenvalue weighted by atomic mass is 9.97. The molecule has 1 unspecified atom stereocenters. The molecule has 0 aliphatic carbocycles. The number of aromatic nitrogens is 1. The summed E-state index contributed by atoms with van der Waals surface area (Å²) in [5, 5.41) is 6.00. The molecule has 0 saturated carbocycles. The van der Waals surface area contributed by atoms with E-state index < -0.39 is 17.5 Å². The van der Waals surface area contributed by atoms with Gasteiger partial charge in [-0.3, -0.25) is 23.7 Å². The van der Waals surface area contributed by atoms with Crippen LogP contribution in [0.15, 0.2) is 89.9 Å². The zero-order valence-electron chi connectivity index (χ0n) is 22.9. The number of amides is 2. The summed E-state index contributed by atoms with van der Waals surface area (Å²) in [6.07, 6.45) is 1.70. The highest BCUT2D eigenvalue weighted by Gasteiger charge is 2.25. The number of ether oxygens (including phenoxy) is 1. The fourth-order valence-corrected chi connectivity index (χ4v) is 4.71. The van der Waals surface area contributed by atoms with Crippen molar-refractivity contribution in [3.05, 3.63) is 117 Å². The zero-order valence-corrected chi connectivity index (χ0v) is 23.7. The van der Waals surface area contributed by atoms with Crippen molar-refractivity contribution in [1.29, 1.82) is 0 Å². The first-order chi connectivity index (χ1) is 19.7. The van der Waals surface area contributed by atoms with Crippen molar-refractivity contribution in [2.75, 3.05) is 19.0 Å². The van der Waals surface area contributed by atoms with E-state index in [2.05, 4.69) is 10.6 Å². The number of methoxy groups -OCH3 is 1. The number of hydrogen-bond donors (Lipinski definition) is 2. The number of nitrogens with zero attached hydrogens (tertiary/aromatic N) is 1. The molecule has 9 heteroatoms. The highest BCUT2D eigenvalue weighted by molar-refractivity contribution is 6.31. The van der Waals surface area contributed by atoms with Gasteiger partial charge in [0.05, 0.1) is 13.3 Å². The number of carbonyl (C=O) groups excluding carboxylic acids is 3. The van der Waals surface area contributed by atoms with Crippen LogP contribution in [0.25, 0.3) is 11.1 Å². The summed E-state index contributed by atoms with van der Waals surface area (Å²) in [7, 11) is 1.45. The van der Waals surface area contributed by atoms with Crippen molar-refractivity contribution in [3.8, 4) is 16.9 Å². The van der Waals surface area contributed by atoms with Crippen molar-refractivity contribution in [3.63, 3.8) is 0 Å². The fraction of sp³-hybridized carbons (Fsp3) is 0.188. The Kier molecular flexibility index (Phi) is 9.37. The second-order valence-electron chi connectivity index (χ2n) is 9.38. The first kappa shape index (κ1) is 29.3. The molecule has 0 radical (unpaired) electrons. The smallest absolute Gasteiger partial charge is 0.252 e. The van der Waals surface area contributed by atoms with Crippen LogP contribution in [-0.4, -0.2) is 35.8 Å². The van der Waals surface area contributed by atoms with Gasteiger partial charge in [-0.1, -0.05) is 41.9 Å². The Bertz CT molecular complexity index is 1630. The van der Waals surface area contributed by atoms with Crippen LogP contribution in [0.4, 0.5) is 5.69 Å². The molecule has 0 bridgehead atoms. The Hall–Kier alpha value is -4.69. The number of rotatable bonds is 10. The summed E-state index contributed by atoms with van der Waals surface area (Å²) >= 11 is 6.23. The summed E-state index contributed by atoms with van der Waals surface area (Å²) in [4.78, 5) is 51.7. The molecule has 1 aromatic heterocycles. The standard InChI is InChI=1S/C32H30ClN3O5/c1-4-34-31(39)22-10-13-24(14-11-22)35-32(40)28(16-21-8-6-5-7-9-21)36-19-29(41-3)27(18-30(36)38)26-17-23(33)12-15-25(26)20(2)37/h5-15,17-19,28H,4,16H2,1-3H3,(H,34,39)(H,35,40). The molecular weight excluding hydrogens is 542 g/mol. The highest BCUT2D eigenvalue weighted by Crippen LogP contribution is 2.34. The zero-order chi connectivity index (χ0) is 29.5. The molecule has 210 valence electrons. The summed E-state index contributed by atoms with van der Waals surface area (Å²) < 4.78 is 6.97. The van der Waals surface area contributed by atoms with E-state index in [-0.39, 0.29) is 18.1 Å². The van der Waals surface area contributed by atoms with Gasteiger partial charge in [-0.05, 0) is 67.4 Å². The van der Waals surface area contributed by atoms with E-state index in [1.165, 1.54) is 30.9 Å². The lowest BCUT2D eigenvalue weighted by molar-refractivity contribution is -0.119. The average Bonchev–Trinajstić information content (AvgIpc) is 2.96. The van der Waals surface area contributed by atoms with Crippen LogP contribution in [0.1, 0.15) is 46.2 Å². The topological polar surface area (TPSA) is 106 Å².